The van der Waals surface area contributed by atoms with Gasteiger partial charge in [-0.1, -0.05) is 13.8 Å². The number of rotatable bonds is 12. The van der Waals surface area contributed by atoms with Crippen LogP contribution in [0.5, 0.6) is 0 Å². The van der Waals surface area contributed by atoms with Gasteiger partial charge in [0.2, 0.25) is 0 Å². The summed E-state index contributed by atoms with van der Waals surface area (Å²) in [5.41, 5.74) is 0. The maximum Gasteiger partial charge on any atom is 0.0700 e. The average Bonchev–Trinajstić information content (AvgIpc) is 2.27. The Morgan fingerprint density at radius 2 is 1.71 bits per heavy atom. The molecule has 0 aliphatic carbocycles. The predicted octanol–water partition coefficient (Wildman–Crippen LogP) is 1.69. The number of hydrogen-bond donors (Lipinski definition) is 1. The molecule has 104 valence electrons. The fourth-order valence-corrected chi connectivity index (χ4v) is 1.32. The lowest BCUT2D eigenvalue weighted by Gasteiger charge is -2.15. The van der Waals surface area contributed by atoms with Crippen LogP contribution >= 0.6 is 0 Å². The zero-order chi connectivity index (χ0) is 12.9. The van der Waals surface area contributed by atoms with Crippen molar-refractivity contribution in [2.75, 3.05) is 46.6 Å². The molecule has 1 unspecified atom stereocenters. The fraction of sp³-hybridized carbons (Fsp3) is 1.00. The average molecular weight is 247 g/mol. The summed E-state index contributed by atoms with van der Waals surface area (Å²) in [5.74, 6) is 0.691. The van der Waals surface area contributed by atoms with Gasteiger partial charge in [0.25, 0.3) is 0 Å². The third-order valence-corrected chi connectivity index (χ3v) is 2.25. The van der Waals surface area contributed by atoms with Crippen molar-refractivity contribution in [3.63, 3.8) is 0 Å². The SMILES string of the molecule is COCCOCCCOC(C)CNCC(C)C. The second-order valence-corrected chi connectivity index (χ2v) is 4.69. The van der Waals surface area contributed by atoms with Gasteiger partial charge >= 0.3 is 0 Å². The van der Waals surface area contributed by atoms with Crippen LogP contribution in [0.2, 0.25) is 0 Å². The van der Waals surface area contributed by atoms with E-state index in [1.54, 1.807) is 7.11 Å². The largest absolute Gasteiger partial charge is 0.382 e. The summed E-state index contributed by atoms with van der Waals surface area (Å²) >= 11 is 0. The minimum Gasteiger partial charge on any atom is -0.382 e. The molecule has 0 amide bonds. The van der Waals surface area contributed by atoms with Gasteiger partial charge in [-0.15, -0.1) is 0 Å². The molecule has 0 aromatic heterocycles. The first-order valence-electron chi connectivity index (χ1n) is 6.55. The third kappa shape index (κ3) is 13.8. The topological polar surface area (TPSA) is 39.7 Å². The number of ether oxygens (including phenoxy) is 3. The van der Waals surface area contributed by atoms with Crippen LogP contribution in [0.15, 0.2) is 0 Å². The Kier molecular flexibility index (Phi) is 12.2. The second-order valence-electron chi connectivity index (χ2n) is 4.69. The van der Waals surface area contributed by atoms with Crippen molar-refractivity contribution in [3.8, 4) is 0 Å². The van der Waals surface area contributed by atoms with Crippen LogP contribution < -0.4 is 5.32 Å². The molecule has 0 heterocycles. The summed E-state index contributed by atoms with van der Waals surface area (Å²) in [6, 6.07) is 0. The van der Waals surface area contributed by atoms with Gasteiger partial charge in [0.05, 0.1) is 19.3 Å². The van der Waals surface area contributed by atoms with E-state index in [2.05, 4.69) is 26.1 Å². The molecule has 0 aromatic rings. The van der Waals surface area contributed by atoms with Crippen molar-refractivity contribution < 1.29 is 14.2 Å². The molecule has 0 rings (SSSR count). The van der Waals surface area contributed by atoms with Crippen molar-refractivity contribution in [1.29, 1.82) is 0 Å². The molecular formula is C13H29NO3. The van der Waals surface area contributed by atoms with E-state index in [1.807, 2.05) is 0 Å². The van der Waals surface area contributed by atoms with E-state index in [9.17, 15) is 0 Å². The summed E-state index contributed by atoms with van der Waals surface area (Å²) < 4.78 is 15.9. The van der Waals surface area contributed by atoms with E-state index >= 15 is 0 Å². The monoisotopic (exact) mass is 247 g/mol. The van der Waals surface area contributed by atoms with Gasteiger partial charge in [0.1, 0.15) is 0 Å². The number of nitrogens with one attached hydrogen (secondary N) is 1. The lowest BCUT2D eigenvalue weighted by atomic mass is 10.2. The van der Waals surface area contributed by atoms with Crippen molar-refractivity contribution in [2.45, 2.75) is 33.3 Å². The molecule has 1 N–H and O–H groups in total. The Bertz CT molecular complexity index is 154. The minimum atomic E-state index is 0.271. The van der Waals surface area contributed by atoms with Crippen LogP contribution in [-0.2, 0) is 14.2 Å². The molecule has 0 aliphatic heterocycles. The van der Waals surface area contributed by atoms with Crippen molar-refractivity contribution >= 4 is 0 Å². The van der Waals surface area contributed by atoms with E-state index in [0.29, 0.717) is 19.1 Å². The summed E-state index contributed by atoms with van der Waals surface area (Å²) in [7, 11) is 1.68. The molecule has 0 aromatic carbocycles. The third-order valence-electron chi connectivity index (χ3n) is 2.25. The first-order valence-corrected chi connectivity index (χ1v) is 6.55. The lowest BCUT2D eigenvalue weighted by molar-refractivity contribution is 0.0303. The second kappa shape index (κ2) is 12.3. The van der Waals surface area contributed by atoms with E-state index in [4.69, 9.17) is 14.2 Å². The van der Waals surface area contributed by atoms with Crippen LogP contribution in [0.1, 0.15) is 27.2 Å². The van der Waals surface area contributed by atoms with E-state index in [1.165, 1.54) is 0 Å². The molecule has 0 saturated carbocycles. The highest BCUT2D eigenvalue weighted by Crippen LogP contribution is 1.93. The zero-order valence-corrected chi connectivity index (χ0v) is 11.8. The predicted molar refractivity (Wildman–Crippen MR) is 70.4 cm³/mol. The van der Waals surface area contributed by atoms with Crippen LogP contribution in [0.4, 0.5) is 0 Å². The Labute approximate surface area is 106 Å². The molecule has 4 heteroatoms. The molecule has 0 radical (unpaired) electrons. The Balaban J connectivity index is 3.13. The lowest BCUT2D eigenvalue weighted by Crippen LogP contribution is -2.30. The van der Waals surface area contributed by atoms with Gasteiger partial charge in [-0.2, -0.15) is 0 Å². The molecule has 0 fully saturated rings. The van der Waals surface area contributed by atoms with Gasteiger partial charge in [-0.25, -0.2) is 0 Å². The van der Waals surface area contributed by atoms with E-state index in [0.717, 1.165) is 32.7 Å². The van der Waals surface area contributed by atoms with Gasteiger partial charge in [-0.05, 0) is 25.8 Å². The quantitative estimate of drug-likeness (QED) is 0.533. The maximum absolute atomic E-state index is 5.66. The van der Waals surface area contributed by atoms with Crippen molar-refractivity contribution in [3.05, 3.63) is 0 Å². The van der Waals surface area contributed by atoms with Crippen LogP contribution in [0, 0.1) is 5.92 Å². The first kappa shape index (κ1) is 16.8. The fourth-order valence-electron chi connectivity index (χ4n) is 1.32. The molecule has 4 nitrogen and oxygen atoms in total. The van der Waals surface area contributed by atoms with E-state index in [-0.39, 0.29) is 6.10 Å². The Hall–Kier alpha value is -0.160. The molecule has 0 bridgehead atoms. The van der Waals surface area contributed by atoms with Crippen molar-refractivity contribution in [2.24, 2.45) is 5.92 Å². The molecule has 0 aliphatic rings. The Morgan fingerprint density at radius 3 is 2.35 bits per heavy atom. The molecule has 0 spiro atoms. The Morgan fingerprint density at radius 1 is 0.941 bits per heavy atom. The van der Waals surface area contributed by atoms with Crippen molar-refractivity contribution in [1.82, 2.24) is 5.32 Å². The van der Waals surface area contributed by atoms with Crippen LogP contribution in [0.25, 0.3) is 0 Å². The molecular weight excluding hydrogens is 218 g/mol. The summed E-state index contributed by atoms with van der Waals surface area (Å²) in [5, 5.41) is 3.38. The molecule has 0 saturated heterocycles. The zero-order valence-electron chi connectivity index (χ0n) is 11.8. The van der Waals surface area contributed by atoms with Gasteiger partial charge in [-0.3, -0.25) is 0 Å². The summed E-state index contributed by atoms with van der Waals surface area (Å²) in [6.45, 7) is 11.3. The highest BCUT2D eigenvalue weighted by molar-refractivity contribution is 4.57. The summed E-state index contributed by atoms with van der Waals surface area (Å²) in [6.07, 6.45) is 1.21. The van der Waals surface area contributed by atoms with Crippen LogP contribution in [-0.4, -0.2) is 52.7 Å². The van der Waals surface area contributed by atoms with Crippen LogP contribution in [0.3, 0.4) is 0 Å². The highest BCUT2D eigenvalue weighted by Gasteiger charge is 2.01. The smallest absolute Gasteiger partial charge is 0.0700 e. The number of hydrogen-bond acceptors (Lipinski definition) is 4. The number of methoxy groups -OCH3 is 1. The maximum atomic E-state index is 5.66. The highest BCUT2D eigenvalue weighted by atomic mass is 16.5. The van der Waals surface area contributed by atoms with Gasteiger partial charge in [0, 0.05) is 26.9 Å². The summed E-state index contributed by atoms with van der Waals surface area (Å²) in [4.78, 5) is 0. The standard InChI is InChI=1S/C13H29NO3/c1-12(2)10-14-11-13(3)17-7-5-6-16-9-8-15-4/h12-14H,5-11H2,1-4H3. The van der Waals surface area contributed by atoms with Gasteiger partial charge < -0.3 is 19.5 Å². The molecule has 17 heavy (non-hydrogen) atoms. The molecule has 1 atom stereocenters. The van der Waals surface area contributed by atoms with Gasteiger partial charge in [0.15, 0.2) is 0 Å². The van der Waals surface area contributed by atoms with E-state index < -0.39 is 0 Å². The first-order chi connectivity index (χ1) is 8.16. The normalized spacial score (nSPS) is 13.2. The minimum absolute atomic E-state index is 0.271.